The largest absolute Gasteiger partial charge is 1.00 e. The summed E-state index contributed by atoms with van der Waals surface area (Å²) in [7, 11) is -6.88. The van der Waals surface area contributed by atoms with Crippen LogP contribution in [-0.4, -0.2) is 27.2 Å². The number of hydrogen-bond donors (Lipinski definition) is 1. The summed E-state index contributed by atoms with van der Waals surface area (Å²) in [4.78, 5) is 18.3. The number of aromatic nitrogens is 4. The van der Waals surface area contributed by atoms with Crippen molar-refractivity contribution in [3.05, 3.63) is 150 Å². The van der Waals surface area contributed by atoms with Crippen LogP contribution in [0.4, 0.5) is 28.9 Å². The number of halogens is 4. The number of nitrogens with one attached hydrogen (secondary N) is 1. The number of anilines is 2. The molecule has 0 aliphatic rings. The second-order valence-corrected chi connectivity index (χ2v) is 13.9. The number of benzene rings is 3. The van der Waals surface area contributed by atoms with Crippen molar-refractivity contribution < 1.29 is 34.3 Å². The van der Waals surface area contributed by atoms with Gasteiger partial charge in [-0.3, -0.25) is 0 Å². The number of aryl methyl sites for hydroxylation is 4. The van der Waals surface area contributed by atoms with Gasteiger partial charge in [-0.15, -0.1) is 0 Å². The third kappa shape index (κ3) is 10.7. The third-order valence-corrected chi connectivity index (χ3v) is 10.2. The van der Waals surface area contributed by atoms with Crippen LogP contribution >= 0.6 is 7.92 Å². The maximum absolute atomic E-state index is 9.75. The summed E-state index contributed by atoms with van der Waals surface area (Å²) in [5.41, 5.74) is 5.78. The Morgan fingerprint density at radius 2 is 0.800 bits per heavy atom. The Balaban J connectivity index is 0.000000200. The molecule has 4 aromatic heterocycles. The molecule has 5 nitrogen and oxygen atoms in total. The molecule has 12 heteroatoms. The first-order valence-corrected chi connectivity index (χ1v) is 17.1. The van der Waals surface area contributed by atoms with Gasteiger partial charge in [0.25, 0.3) is 0 Å². The summed E-state index contributed by atoms with van der Waals surface area (Å²) in [6, 6.07) is 44.6. The number of fused-ring (bicyclic) bond motifs is 2. The zero-order valence-electron chi connectivity index (χ0n) is 27.8. The molecule has 0 aliphatic heterocycles. The van der Waals surface area contributed by atoms with Crippen LogP contribution in [0.1, 0.15) is 22.5 Å². The van der Waals surface area contributed by atoms with Gasteiger partial charge in [0.05, 0.1) is 7.92 Å². The van der Waals surface area contributed by atoms with Gasteiger partial charge in [0, 0.05) is 22.2 Å². The molecule has 7 rings (SSSR count). The maximum atomic E-state index is 9.75. The normalized spacial score (nSPS) is 10.8. The van der Waals surface area contributed by atoms with Gasteiger partial charge in [-0.05, 0) is 112 Å². The molecule has 0 fully saturated rings. The number of nitrogens with zero attached hydrogens (tertiary/aromatic N) is 4. The van der Waals surface area contributed by atoms with Crippen LogP contribution in [0.15, 0.2) is 127 Å². The van der Waals surface area contributed by atoms with Crippen molar-refractivity contribution in [2.45, 2.75) is 27.7 Å². The van der Waals surface area contributed by atoms with Crippen LogP contribution in [0.3, 0.4) is 0 Å². The Morgan fingerprint density at radius 1 is 0.480 bits per heavy atom. The Bertz CT molecular complexity index is 1970. The fraction of sp³-hybridized carbons (Fsp3) is 0.105. The van der Waals surface area contributed by atoms with Crippen molar-refractivity contribution in [3.8, 4) is 0 Å². The van der Waals surface area contributed by atoms with Crippen molar-refractivity contribution >= 4 is 64.8 Å². The standard InChI is InChI=1S/C20H19N5.C18H15P.BF4.Cu/c1-11-9-13(3)21-19-15(11)5-7-17(24-19)23-18-8-6-16-12(2)10-14(4)22-20(16)25-18;1-4-10-16(11-5-1)19(17-12-6-2-7-13-17)18-14-8-3-9-15-18;2-1(3,4)5;/h5-10H,1-4H3,(H,21,22,23,24,25);1-15H;;/q;;-1;+1/p+1. The van der Waals surface area contributed by atoms with Crippen molar-refractivity contribution in [1.29, 1.82) is 0 Å². The van der Waals surface area contributed by atoms with E-state index in [1.807, 2.05) is 38.1 Å². The molecule has 0 bridgehead atoms. The van der Waals surface area contributed by atoms with Crippen molar-refractivity contribution in [3.63, 3.8) is 0 Å². The maximum Gasteiger partial charge on any atom is 1.00 e. The van der Waals surface area contributed by atoms with E-state index >= 15 is 0 Å². The van der Waals surface area contributed by atoms with E-state index in [1.165, 1.54) is 27.0 Å². The van der Waals surface area contributed by atoms with E-state index < -0.39 is 15.2 Å². The van der Waals surface area contributed by atoms with Crippen LogP contribution in [0.2, 0.25) is 0 Å². The third-order valence-electron chi connectivity index (χ3n) is 7.46. The molecule has 4 heterocycles. The quantitative estimate of drug-likeness (QED) is 0.108. The zero-order valence-corrected chi connectivity index (χ0v) is 29.7. The van der Waals surface area contributed by atoms with Crippen molar-refractivity contribution in [2.75, 3.05) is 5.32 Å². The summed E-state index contributed by atoms with van der Waals surface area (Å²) in [5.74, 6) is 1.45. The zero-order chi connectivity index (χ0) is 35.0. The summed E-state index contributed by atoms with van der Waals surface area (Å²) >= 11 is 0. The molecule has 258 valence electrons. The molecule has 0 saturated carbocycles. The topological polar surface area (TPSA) is 63.6 Å². The Morgan fingerprint density at radius 3 is 1.12 bits per heavy atom. The van der Waals surface area contributed by atoms with E-state index in [-0.39, 0.29) is 17.1 Å². The second kappa shape index (κ2) is 17.3. The minimum atomic E-state index is -6.00. The van der Waals surface area contributed by atoms with Crippen molar-refractivity contribution in [2.24, 2.45) is 0 Å². The number of hydrogen-bond acceptors (Lipinski definition) is 5. The monoisotopic (exact) mass is 742 g/mol. The molecule has 0 amide bonds. The van der Waals surface area contributed by atoms with Crippen molar-refractivity contribution in [1.82, 2.24) is 19.9 Å². The number of rotatable bonds is 5. The molecule has 0 saturated heterocycles. The average molecular weight is 743 g/mol. The molecule has 50 heavy (non-hydrogen) atoms. The van der Waals surface area contributed by atoms with Crippen LogP contribution in [-0.2, 0) is 17.1 Å². The molecule has 3 aromatic carbocycles. The fourth-order valence-electron chi connectivity index (χ4n) is 5.45. The first-order chi connectivity index (χ1) is 23.4. The summed E-state index contributed by atoms with van der Waals surface area (Å²) < 4.78 is 39.0. The average Bonchev–Trinajstić information content (AvgIpc) is 3.05. The minimum Gasteiger partial charge on any atom is -0.418 e. The van der Waals surface area contributed by atoms with Gasteiger partial charge < -0.3 is 22.6 Å². The van der Waals surface area contributed by atoms with Gasteiger partial charge >= 0.3 is 24.3 Å². The van der Waals surface area contributed by atoms with E-state index in [4.69, 9.17) is 0 Å². The minimum absolute atomic E-state index is 0. The van der Waals surface area contributed by atoms with Crippen LogP contribution < -0.4 is 21.2 Å². The molecule has 0 aliphatic carbocycles. The first kappa shape index (κ1) is 38.1. The van der Waals surface area contributed by atoms with E-state index in [0.29, 0.717) is 0 Å². The molecule has 1 N–H and O–H groups in total. The molecular formula is C38H35BCuF4N5P+. The smallest absolute Gasteiger partial charge is 0.418 e. The summed E-state index contributed by atoms with van der Waals surface area (Å²) in [5, 5.41) is 9.70. The molecular weight excluding hydrogens is 708 g/mol. The van der Waals surface area contributed by atoms with Gasteiger partial charge in [-0.25, -0.2) is 19.9 Å². The SMILES string of the molecule is Cc1cc(C)c2ccc(Nc3ccc4c(C)cc(C)nc4n3)nc2n1.F[B-](F)(F)F.[Cu+].c1ccc([PH+](c2ccccc2)c2ccccc2)cc1. The summed E-state index contributed by atoms with van der Waals surface area (Å²) in [6.07, 6.45) is 0. The number of pyridine rings is 4. The second-order valence-electron chi connectivity index (χ2n) is 11.4. The fourth-order valence-corrected chi connectivity index (χ4v) is 8.03. The first-order valence-electron chi connectivity index (χ1n) is 15.6. The van der Waals surface area contributed by atoms with Gasteiger partial charge in [0.2, 0.25) is 0 Å². The predicted octanol–water partition coefficient (Wildman–Crippen LogP) is 9.02. The van der Waals surface area contributed by atoms with Crippen LogP contribution in [0.5, 0.6) is 0 Å². The Kier molecular flexibility index (Phi) is 13.2. The molecule has 0 spiro atoms. The van der Waals surface area contributed by atoms with Gasteiger partial charge in [-0.1, -0.05) is 54.6 Å². The molecule has 0 unspecified atom stereocenters. The summed E-state index contributed by atoms with van der Waals surface area (Å²) in [6.45, 7) is 8.12. The molecule has 0 atom stereocenters. The van der Waals surface area contributed by atoms with E-state index in [0.717, 1.165) is 45.1 Å². The van der Waals surface area contributed by atoms with E-state index in [9.17, 15) is 17.3 Å². The van der Waals surface area contributed by atoms with Crippen LogP contribution in [0.25, 0.3) is 22.1 Å². The molecule has 0 radical (unpaired) electrons. The van der Waals surface area contributed by atoms with Gasteiger partial charge in [0.15, 0.2) is 11.3 Å². The predicted molar refractivity (Wildman–Crippen MR) is 198 cm³/mol. The Hall–Kier alpha value is -4.69. The Labute approximate surface area is 301 Å². The van der Waals surface area contributed by atoms with Gasteiger partial charge in [-0.2, -0.15) is 0 Å². The van der Waals surface area contributed by atoms with Gasteiger partial charge in [0.1, 0.15) is 27.5 Å². The van der Waals surface area contributed by atoms with E-state index in [2.05, 4.69) is 142 Å². The molecule has 7 aromatic rings. The van der Waals surface area contributed by atoms with Crippen LogP contribution in [0, 0.1) is 27.7 Å². The van der Waals surface area contributed by atoms with E-state index in [1.54, 1.807) is 0 Å².